The van der Waals surface area contributed by atoms with Crippen LogP contribution in [0.1, 0.15) is 28.6 Å². The second-order valence-electron chi connectivity index (χ2n) is 6.31. The average molecular weight is 368 g/mol. The fourth-order valence-corrected chi connectivity index (χ4v) is 3.57. The van der Waals surface area contributed by atoms with Crippen molar-refractivity contribution >= 4 is 23.3 Å². The number of anilines is 1. The Bertz CT molecular complexity index is 940. The lowest BCUT2D eigenvalue weighted by atomic mass is 9.97. The number of halogens is 1. The number of hydrogen-bond donors (Lipinski definition) is 2. The Morgan fingerprint density at radius 1 is 1.31 bits per heavy atom. The number of carbonyl (C=O) groups excluding carboxylic acids is 1. The molecule has 0 radical (unpaired) electrons. The van der Waals surface area contributed by atoms with Crippen molar-refractivity contribution in [2.24, 2.45) is 0 Å². The van der Waals surface area contributed by atoms with Crippen LogP contribution in [0.4, 0.5) is 10.5 Å². The van der Waals surface area contributed by atoms with Crippen LogP contribution in [0.2, 0.25) is 5.02 Å². The Balaban J connectivity index is 1.67. The van der Waals surface area contributed by atoms with Crippen molar-refractivity contribution in [3.05, 3.63) is 76.6 Å². The first-order valence-electron chi connectivity index (χ1n) is 8.39. The van der Waals surface area contributed by atoms with Gasteiger partial charge in [0, 0.05) is 31.1 Å². The molecule has 0 aliphatic carbocycles. The van der Waals surface area contributed by atoms with E-state index in [9.17, 15) is 4.79 Å². The van der Waals surface area contributed by atoms with Crippen molar-refractivity contribution in [1.29, 1.82) is 0 Å². The van der Waals surface area contributed by atoms with Gasteiger partial charge in [0.25, 0.3) is 0 Å². The number of aryl methyl sites for hydroxylation is 1. The third kappa shape index (κ3) is 3.04. The third-order valence-electron chi connectivity index (χ3n) is 4.57. The fraction of sp³-hybridized carbons (Fsp3) is 0.211. The van der Waals surface area contributed by atoms with Gasteiger partial charge in [-0.05, 0) is 42.3 Å². The molecule has 2 aromatic heterocycles. The van der Waals surface area contributed by atoms with E-state index in [1.807, 2.05) is 37.3 Å². The molecule has 7 heteroatoms. The number of carbonyl (C=O) groups is 1. The Morgan fingerprint density at radius 2 is 2.12 bits per heavy atom. The van der Waals surface area contributed by atoms with Crippen LogP contribution in [0, 0.1) is 6.92 Å². The second-order valence-corrected chi connectivity index (χ2v) is 6.71. The van der Waals surface area contributed by atoms with E-state index in [1.54, 1.807) is 23.6 Å². The van der Waals surface area contributed by atoms with E-state index < -0.39 is 0 Å². The van der Waals surface area contributed by atoms with E-state index in [4.69, 9.17) is 11.6 Å². The summed E-state index contributed by atoms with van der Waals surface area (Å²) in [4.78, 5) is 26.5. The van der Waals surface area contributed by atoms with E-state index in [2.05, 4.69) is 20.3 Å². The molecule has 1 aromatic carbocycles. The van der Waals surface area contributed by atoms with Gasteiger partial charge in [-0.2, -0.15) is 0 Å². The van der Waals surface area contributed by atoms with Gasteiger partial charge in [0.1, 0.15) is 6.04 Å². The summed E-state index contributed by atoms with van der Waals surface area (Å²) in [6.45, 7) is 2.54. The number of nitrogens with one attached hydrogen (secondary N) is 2. The number of H-pyrrole nitrogens is 1. The van der Waals surface area contributed by atoms with Gasteiger partial charge in [-0.1, -0.05) is 17.7 Å². The molecule has 132 valence electrons. The standard InChI is InChI=1S/C19H18ClN5O/c1-12-2-3-15(14(20)10-12)24-19(26)25-9-6-16-17(23-11-22-16)18(25)13-4-7-21-8-5-13/h2-5,7-8,10-11,18H,6,9H2,1H3,(H,22,23)(H,24,26)/t18-/m0/s1. The summed E-state index contributed by atoms with van der Waals surface area (Å²) in [6.07, 6.45) is 5.86. The zero-order valence-corrected chi connectivity index (χ0v) is 15.0. The van der Waals surface area contributed by atoms with E-state index in [0.29, 0.717) is 17.3 Å². The fourth-order valence-electron chi connectivity index (χ4n) is 3.29. The first kappa shape index (κ1) is 16.6. The minimum absolute atomic E-state index is 0.203. The Labute approximate surface area is 156 Å². The van der Waals surface area contributed by atoms with Crippen LogP contribution in [0.25, 0.3) is 0 Å². The van der Waals surface area contributed by atoms with E-state index in [-0.39, 0.29) is 12.1 Å². The summed E-state index contributed by atoms with van der Waals surface area (Å²) in [7, 11) is 0. The summed E-state index contributed by atoms with van der Waals surface area (Å²) in [6, 6.07) is 8.93. The highest BCUT2D eigenvalue weighted by Crippen LogP contribution is 2.34. The molecule has 4 rings (SSSR count). The SMILES string of the molecule is Cc1ccc(NC(=O)N2CCc3[nH]cnc3[C@@H]2c2ccncc2)c(Cl)c1. The molecule has 0 saturated carbocycles. The lowest BCUT2D eigenvalue weighted by molar-refractivity contribution is 0.192. The number of fused-ring (bicyclic) bond motifs is 1. The largest absolute Gasteiger partial charge is 0.348 e. The number of imidazole rings is 1. The number of hydrogen-bond acceptors (Lipinski definition) is 3. The normalized spacial score (nSPS) is 16.2. The molecular weight excluding hydrogens is 350 g/mol. The number of aromatic amines is 1. The maximum atomic E-state index is 13.0. The molecule has 0 bridgehead atoms. The van der Waals surface area contributed by atoms with Crippen LogP contribution in [-0.4, -0.2) is 32.4 Å². The summed E-state index contributed by atoms with van der Waals surface area (Å²) in [5.41, 5.74) is 4.54. The van der Waals surface area contributed by atoms with Gasteiger partial charge in [0.05, 0.1) is 22.7 Å². The molecule has 1 atom stereocenters. The van der Waals surface area contributed by atoms with Crippen LogP contribution >= 0.6 is 11.6 Å². The molecule has 3 heterocycles. The molecule has 3 aromatic rings. The van der Waals surface area contributed by atoms with Gasteiger partial charge in [0.2, 0.25) is 0 Å². The highest BCUT2D eigenvalue weighted by Gasteiger charge is 2.34. The molecule has 26 heavy (non-hydrogen) atoms. The number of urea groups is 1. The maximum Gasteiger partial charge on any atom is 0.322 e. The van der Waals surface area contributed by atoms with Gasteiger partial charge >= 0.3 is 6.03 Å². The highest BCUT2D eigenvalue weighted by molar-refractivity contribution is 6.33. The predicted octanol–water partition coefficient (Wildman–Crippen LogP) is 3.95. The summed E-state index contributed by atoms with van der Waals surface area (Å²) in [5, 5.41) is 3.46. The van der Waals surface area contributed by atoms with Crippen LogP contribution in [-0.2, 0) is 6.42 Å². The highest BCUT2D eigenvalue weighted by atomic mass is 35.5. The summed E-state index contributed by atoms with van der Waals surface area (Å²) < 4.78 is 0. The van der Waals surface area contributed by atoms with Gasteiger partial charge in [-0.15, -0.1) is 0 Å². The number of benzene rings is 1. The smallest absolute Gasteiger partial charge is 0.322 e. The number of aromatic nitrogens is 3. The zero-order chi connectivity index (χ0) is 18.1. The molecule has 2 N–H and O–H groups in total. The van der Waals surface area contributed by atoms with Crippen molar-refractivity contribution < 1.29 is 4.79 Å². The molecule has 0 unspecified atom stereocenters. The number of nitrogens with zero attached hydrogens (tertiary/aromatic N) is 3. The minimum Gasteiger partial charge on any atom is -0.348 e. The van der Waals surface area contributed by atoms with Crippen molar-refractivity contribution in [2.45, 2.75) is 19.4 Å². The first-order valence-corrected chi connectivity index (χ1v) is 8.77. The Morgan fingerprint density at radius 3 is 2.88 bits per heavy atom. The molecule has 2 amide bonds. The van der Waals surface area contributed by atoms with Crippen molar-refractivity contribution in [3.63, 3.8) is 0 Å². The van der Waals surface area contributed by atoms with Gasteiger partial charge in [0.15, 0.2) is 0 Å². The number of amides is 2. The molecule has 0 spiro atoms. The summed E-state index contributed by atoms with van der Waals surface area (Å²) in [5.74, 6) is 0. The molecule has 0 fully saturated rings. The molecule has 1 aliphatic rings. The summed E-state index contributed by atoms with van der Waals surface area (Å²) >= 11 is 6.27. The Hall–Kier alpha value is -2.86. The molecule has 6 nitrogen and oxygen atoms in total. The lowest BCUT2D eigenvalue weighted by Crippen LogP contribution is -2.43. The second kappa shape index (κ2) is 6.80. The van der Waals surface area contributed by atoms with Gasteiger partial charge in [-0.3, -0.25) is 4.98 Å². The van der Waals surface area contributed by atoms with Crippen LogP contribution in [0.15, 0.2) is 49.1 Å². The van der Waals surface area contributed by atoms with Crippen molar-refractivity contribution in [2.75, 3.05) is 11.9 Å². The topological polar surface area (TPSA) is 73.9 Å². The molecule has 1 aliphatic heterocycles. The van der Waals surface area contributed by atoms with E-state index in [1.165, 1.54) is 0 Å². The maximum absolute atomic E-state index is 13.0. The van der Waals surface area contributed by atoms with Crippen LogP contribution in [0.5, 0.6) is 0 Å². The van der Waals surface area contributed by atoms with Gasteiger partial charge < -0.3 is 15.2 Å². The average Bonchev–Trinajstić information content (AvgIpc) is 3.12. The number of rotatable bonds is 2. The minimum atomic E-state index is -0.266. The monoisotopic (exact) mass is 367 g/mol. The van der Waals surface area contributed by atoms with Crippen molar-refractivity contribution in [3.8, 4) is 0 Å². The predicted molar refractivity (Wildman–Crippen MR) is 100 cm³/mol. The molecule has 0 saturated heterocycles. The first-order chi connectivity index (χ1) is 12.6. The van der Waals surface area contributed by atoms with Crippen LogP contribution in [0.3, 0.4) is 0 Å². The quantitative estimate of drug-likeness (QED) is 0.720. The van der Waals surface area contributed by atoms with E-state index in [0.717, 1.165) is 28.9 Å². The number of pyridine rings is 1. The zero-order valence-electron chi connectivity index (χ0n) is 14.2. The van der Waals surface area contributed by atoms with E-state index >= 15 is 0 Å². The third-order valence-corrected chi connectivity index (χ3v) is 4.89. The van der Waals surface area contributed by atoms with Gasteiger partial charge in [-0.25, -0.2) is 9.78 Å². The Kier molecular flexibility index (Phi) is 4.34. The lowest BCUT2D eigenvalue weighted by Gasteiger charge is -2.35. The van der Waals surface area contributed by atoms with Crippen LogP contribution < -0.4 is 5.32 Å². The van der Waals surface area contributed by atoms with Crippen molar-refractivity contribution in [1.82, 2.24) is 19.9 Å². The molecular formula is C19H18ClN5O.